The van der Waals surface area contributed by atoms with Crippen LogP contribution in [-0.2, 0) is 0 Å². The second kappa shape index (κ2) is 6.96. The van der Waals surface area contributed by atoms with Gasteiger partial charge in [0.1, 0.15) is 5.75 Å². The van der Waals surface area contributed by atoms with Crippen LogP contribution in [0.4, 0.5) is 5.69 Å². The lowest BCUT2D eigenvalue weighted by Crippen LogP contribution is -2.08. The molecular weight excluding hydrogens is 298 g/mol. The molecule has 0 radical (unpaired) electrons. The van der Waals surface area contributed by atoms with E-state index in [0.717, 1.165) is 22.0 Å². The Kier molecular flexibility index (Phi) is 4.57. The lowest BCUT2D eigenvalue weighted by Gasteiger charge is -2.11. The maximum Gasteiger partial charge on any atom is 0.125 e. The smallest absolute Gasteiger partial charge is 0.125 e. The number of fused-ring (bicyclic) bond motifs is 1. The molecule has 0 aromatic heterocycles. The normalized spacial score (nSPS) is 11.6. The molecule has 3 rings (SSSR count). The molecule has 3 aromatic rings. The molecule has 0 saturated heterocycles. The first kappa shape index (κ1) is 15.7. The molecule has 0 heterocycles. The van der Waals surface area contributed by atoms with Crippen LogP contribution in [0.15, 0.2) is 70.9 Å². The highest BCUT2D eigenvalue weighted by molar-refractivity contribution is 6.02. The number of hydrogen-bond acceptors (Lipinski definition) is 4. The average molecular weight is 317 g/mol. The maximum atomic E-state index is 10.1. The molecule has 0 saturated carbocycles. The molecule has 0 amide bonds. The number of phenolic OH excluding ortho intramolecular Hbond substituents is 1. The van der Waals surface area contributed by atoms with Gasteiger partial charge in [-0.2, -0.15) is 10.2 Å². The average Bonchev–Trinajstić information content (AvgIpc) is 2.60. The predicted octanol–water partition coefficient (Wildman–Crippen LogP) is 4.06. The predicted molar refractivity (Wildman–Crippen MR) is 102 cm³/mol. The number of phenols is 1. The highest BCUT2D eigenvalue weighted by atomic mass is 16.3. The van der Waals surface area contributed by atoms with Gasteiger partial charge in [0.05, 0.1) is 12.4 Å². The highest BCUT2D eigenvalue weighted by Crippen LogP contribution is 2.25. The lowest BCUT2D eigenvalue weighted by atomic mass is 10.0. The Hall–Kier alpha value is -3.14. The van der Waals surface area contributed by atoms with Crippen LogP contribution in [-0.4, -0.2) is 31.6 Å². The molecule has 0 aliphatic rings. The Balaban J connectivity index is 1.80. The number of benzene rings is 3. The van der Waals surface area contributed by atoms with Crippen LogP contribution in [0, 0.1) is 0 Å². The van der Waals surface area contributed by atoms with Gasteiger partial charge >= 0.3 is 0 Å². The van der Waals surface area contributed by atoms with Gasteiger partial charge in [-0.25, -0.2) is 0 Å². The maximum absolute atomic E-state index is 10.1. The third kappa shape index (κ3) is 3.43. The minimum atomic E-state index is 0.197. The second-order valence-electron chi connectivity index (χ2n) is 5.69. The van der Waals surface area contributed by atoms with Gasteiger partial charge in [0, 0.05) is 25.3 Å². The standard InChI is InChI=1S/C20H19N3O/c1-23(2)17-10-7-15(8-11-17)13-21-22-14-19-18-6-4-3-5-16(18)9-12-20(19)24/h3-14,24H,1-2H3/b21-13+,22-14+. The van der Waals surface area contributed by atoms with Crippen molar-refractivity contribution in [3.63, 3.8) is 0 Å². The van der Waals surface area contributed by atoms with E-state index in [0.29, 0.717) is 5.56 Å². The fraction of sp³-hybridized carbons (Fsp3) is 0.100. The third-order valence-corrected chi connectivity index (χ3v) is 3.82. The minimum Gasteiger partial charge on any atom is -0.507 e. The zero-order valence-corrected chi connectivity index (χ0v) is 13.7. The van der Waals surface area contributed by atoms with Crippen LogP contribution in [0.5, 0.6) is 5.75 Å². The molecule has 0 spiro atoms. The van der Waals surface area contributed by atoms with Gasteiger partial charge in [-0.15, -0.1) is 0 Å². The molecule has 3 aromatic carbocycles. The summed E-state index contributed by atoms with van der Waals surface area (Å²) in [6.07, 6.45) is 3.28. The van der Waals surface area contributed by atoms with Gasteiger partial charge in [-0.3, -0.25) is 0 Å². The van der Waals surface area contributed by atoms with Crippen molar-refractivity contribution in [3.8, 4) is 5.75 Å². The van der Waals surface area contributed by atoms with E-state index in [1.54, 1.807) is 18.5 Å². The zero-order valence-electron chi connectivity index (χ0n) is 13.7. The molecule has 0 aliphatic heterocycles. The van der Waals surface area contributed by atoms with E-state index < -0.39 is 0 Å². The van der Waals surface area contributed by atoms with Crippen LogP contribution in [0.25, 0.3) is 10.8 Å². The van der Waals surface area contributed by atoms with Gasteiger partial charge in [-0.05, 0) is 34.5 Å². The van der Waals surface area contributed by atoms with Crippen molar-refractivity contribution >= 4 is 28.9 Å². The number of rotatable bonds is 4. The van der Waals surface area contributed by atoms with E-state index >= 15 is 0 Å². The molecule has 4 heteroatoms. The molecule has 0 fully saturated rings. The van der Waals surface area contributed by atoms with E-state index in [9.17, 15) is 5.11 Å². The van der Waals surface area contributed by atoms with Crippen molar-refractivity contribution in [2.24, 2.45) is 10.2 Å². The molecule has 0 atom stereocenters. The summed E-state index contributed by atoms with van der Waals surface area (Å²) in [4.78, 5) is 2.04. The van der Waals surface area contributed by atoms with Gasteiger partial charge in [0.25, 0.3) is 0 Å². The summed E-state index contributed by atoms with van der Waals surface area (Å²) in [5, 5.41) is 20.2. The van der Waals surface area contributed by atoms with Crippen molar-refractivity contribution in [2.75, 3.05) is 19.0 Å². The van der Waals surface area contributed by atoms with Crippen molar-refractivity contribution in [1.82, 2.24) is 0 Å². The van der Waals surface area contributed by atoms with Crippen LogP contribution < -0.4 is 4.90 Å². The molecule has 0 bridgehead atoms. The largest absolute Gasteiger partial charge is 0.507 e. The summed E-state index contributed by atoms with van der Waals surface area (Å²) in [5.41, 5.74) is 2.78. The van der Waals surface area contributed by atoms with E-state index in [-0.39, 0.29) is 5.75 Å². The Morgan fingerprint density at radius 3 is 2.29 bits per heavy atom. The summed E-state index contributed by atoms with van der Waals surface area (Å²) in [7, 11) is 4.01. The van der Waals surface area contributed by atoms with Crippen LogP contribution in [0.1, 0.15) is 11.1 Å². The number of nitrogens with zero attached hydrogens (tertiary/aromatic N) is 3. The summed E-state index contributed by atoms with van der Waals surface area (Å²) in [6.45, 7) is 0. The Morgan fingerprint density at radius 2 is 1.54 bits per heavy atom. The molecular formula is C20H19N3O. The number of hydrogen-bond donors (Lipinski definition) is 1. The third-order valence-electron chi connectivity index (χ3n) is 3.82. The monoisotopic (exact) mass is 317 g/mol. The molecule has 0 aliphatic carbocycles. The Labute approximate surface area is 141 Å². The fourth-order valence-corrected chi connectivity index (χ4v) is 2.47. The fourth-order valence-electron chi connectivity index (χ4n) is 2.47. The Bertz CT molecular complexity index is 896. The first-order valence-electron chi connectivity index (χ1n) is 7.69. The van der Waals surface area contributed by atoms with E-state index in [2.05, 4.69) is 10.2 Å². The van der Waals surface area contributed by atoms with Crippen molar-refractivity contribution in [3.05, 3.63) is 71.8 Å². The van der Waals surface area contributed by atoms with Crippen LogP contribution in [0.2, 0.25) is 0 Å². The van der Waals surface area contributed by atoms with Crippen molar-refractivity contribution in [2.45, 2.75) is 0 Å². The highest BCUT2D eigenvalue weighted by Gasteiger charge is 2.03. The van der Waals surface area contributed by atoms with E-state index in [1.807, 2.05) is 73.6 Å². The Morgan fingerprint density at radius 1 is 0.833 bits per heavy atom. The molecule has 1 N–H and O–H groups in total. The summed E-state index contributed by atoms with van der Waals surface area (Å²) in [5.74, 6) is 0.197. The van der Waals surface area contributed by atoms with Gasteiger partial charge in [-0.1, -0.05) is 42.5 Å². The first-order valence-corrected chi connectivity index (χ1v) is 7.69. The molecule has 4 nitrogen and oxygen atoms in total. The minimum absolute atomic E-state index is 0.197. The molecule has 120 valence electrons. The molecule has 0 unspecified atom stereocenters. The number of aromatic hydroxyl groups is 1. The van der Waals surface area contributed by atoms with Gasteiger partial charge in [0.2, 0.25) is 0 Å². The number of anilines is 1. The quantitative estimate of drug-likeness (QED) is 0.582. The summed E-state index contributed by atoms with van der Waals surface area (Å²) < 4.78 is 0. The van der Waals surface area contributed by atoms with Crippen molar-refractivity contribution < 1.29 is 5.11 Å². The topological polar surface area (TPSA) is 48.2 Å². The second-order valence-corrected chi connectivity index (χ2v) is 5.69. The summed E-state index contributed by atoms with van der Waals surface area (Å²) >= 11 is 0. The van der Waals surface area contributed by atoms with Gasteiger partial charge in [0.15, 0.2) is 0 Å². The molecule has 24 heavy (non-hydrogen) atoms. The summed E-state index contributed by atoms with van der Waals surface area (Å²) in [6, 6.07) is 19.5. The lowest BCUT2D eigenvalue weighted by molar-refractivity contribution is 0.475. The SMILES string of the molecule is CN(C)c1ccc(/C=N/N=C/c2c(O)ccc3ccccc23)cc1. The van der Waals surface area contributed by atoms with Crippen molar-refractivity contribution in [1.29, 1.82) is 0 Å². The van der Waals surface area contributed by atoms with Crippen LogP contribution >= 0.6 is 0 Å². The van der Waals surface area contributed by atoms with E-state index in [4.69, 9.17) is 0 Å². The first-order chi connectivity index (χ1) is 11.6. The van der Waals surface area contributed by atoms with Crippen LogP contribution in [0.3, 0.4) is 0 Å². The van der Waals surface area contributed by atoms with Gasteiger partial charge < -0.3 is 10.0 Å². The zero-order chi connectivity index (χ0) is 16.9. The van der Waals surface area contributed by atoms with E-state index in [1.165, 1.54) is 0 Å².